The normalized spacial score (nSPS) is 19.2. The van der Waals surface area contributed by atoms with Crippen LogP contribution in [0.4, 0.5) is 0 Å². The van der Waals surface area contributed by atoms with Gasteiger partial charge in [0.1, 0.15) is 0 Å². The summed E-state index contributed by atoms with van der Waals surface area (Å²) in [5, 5.41) is 6.46. The molecule has 0 aliphatic carbocycles. The number of allylic oxidation sites excluding steroid dienone is 2. The summed E-state index contributed by atoms with van der Waals surface area (Å²) in [7, 11) is 0. The first-order chi connectivity index (χ1) is 8.56. The van der Waals surface area contributed by atoms with E-state index in [-0.39, 0.29) is 5.91 Å². The van der Waals surface area contributed by atoms with E-state index in [9.17, 15) is 4.79 Å². The molecule has 0 atom stereocenters. The summed E-state index contributed by atoms with van der Waals surface area (Å²) in [6.45, 7) is 10.2. The van der Waals surface area contributed by atoms with E-state index in [2.05, 4.69) is 24.5 Å². The third kappa shape index (κ3) is 4.30. The minimum Gasteiger partial charge on any atom is -0.349 e. The second-order valence-electron chi connectivity index (χ2n) is 5.25. The Kier molecular flexibility index (Phi) is 6.13. The number of rotatable bonds is 4. The van der Waals surface area contributed by atoms with Gasteiger partial charge in [0.05, 0.1) is 0 Å². The molecule has 0 aromatic heterocycles. The Morgan fingerprint density at radius 3 is 2.44 bits per heavy atom. The van der Waals surface area contributed by atoms with Crippen molar-refractivity contribution >= 4 is 5.91 Å². The summed E-state index contributed by atoms with van der Waals surface area (Å²) < 4.78 is 0. The maximum absolute atomic E-state index is 12.3. The topological polar surface area (TPSA) is 41.1 Å². The van der Waals surface area contributed by atoms with Crippen LogP contribution in [0.2, 0.25) is 0 Å². The second-order valence-corrected chi connectivity index (χ2v) is 5.25. The monoisotopic (exact) mass is 250 g/mol. The number of piperidine rings is 1. The molecule has 1 rings (SSSR count). The lowest BCUT2D eigenvalue weighted by Gasteiger charge is -2.24. The molecule has 1 heterocycles. The van der Waals surface area contributed by atoms with Gasteiger partial charge in [-0.1, -0.05) is 31.6 Å². The summed E-state index contributed by atoms with van der Waals surface area (Å²) in [6.07, 6.45) is 5.90. The molecule has 3 heteroatoms. The van der Waals surface area contributed by atoms with Crippen LogP contribution in [-0.2, 0) is 4.79 Å². The van der Waals surface area contributed by atoms with Gasteiger partial charge in [-0.3, -0.25) is 4.79 Å². The summed E-state index contributed by atoms with van der Waals surface area (Å²) >= 11 is 0. The maximum Gasteiger partial charge on any atom is 0.251 e. The first-order valence-electron chi connectivity index (χ1n) is 6.91. The van der Waals surface area contributed by atoms with E-state index in [1.54, 1.807) is 0 Å². The molecular weight excluding hydrogens is 224 g/mol. The van der Waals surface area contributed by atoms with Crippen LogP contribution >= 0.6 is 0 Å². The molecule has 0 saturated carbocycles. The van der Waals surface area contributed by atoms with E-state index in [0.29, 0.717) is 12.0 Å². The van der Waals surface area contributed by atoms with Crippen LogP contribution in [0, 0.1) is 5.92 Å². The number of hydrogen-bond donors (Lipinski definition) is 2. The van der Waals surface area contributed by atoms with Crippen molar-refractivity contribution < 1.29 is 4.79 Å². The number of nitrogens with one attached hydrogen (secondary N) is 2. The molecule has 0 unspecified atom stereocenters. The Morgan fingerprint density at radius 1 is 1.33 bits per heavy atom. The highest BCUT2D eigenvalue weighted by molar-refractivity contribution is 5.97. The number of amides is 1. The molecular formula is C15H26N2O. The Balaban J connectivity index is 2.74. The van der Waals surface area contributed by atoms with Crippen LogP contribution < -0.4 is 10.6 Å². The van der Waals surface area contributed by atoms with Crippen molar-refractivity contribution in [3.8, 4) is 0 Å². The van der Waals surface area contributed by atoms with Gasteiger partial charge in [-0.2, -0.15) is 0 Å². The van der Waals surface area contributed by atoms with E-state index in [0.717, 1.165) is 37.1 Å². The standard InChI is InChI=1S/C15H26N2O/c1-5-6-14(12(4)11(2)3)15(18)17-13-7-9-16-10-8-13/h5-6,11,13,16H,7-10H2,1-4H3,(H,17,18)/b6-5-,14-12-. The Labute approximate surface area is 111 Å². The predicted molar refractivity (Wildman–Crippen MR) is 76.4 cm³/mol. The van der Waals surface area contributed by atoms with E-state index in [4.69, 9.17) is 0 Å². The van der Waals surface area contributed by atoms with E-state index >= 15 is 0 Å². The van der Waals surface area contributed by atoms with Crippen LogP contribution in [0.1, 0.15) is 40.5 Å². The predicted octanol–water partition coefficient (Wildman–Crippen LogP) is 2.40. The molecule has 2 N–H and O–H groups in total. The van der Waals surface area contributed by atoms with Crippen LogP contribution in [0.5, 0.6) is 0 Å². The lowest BCUT2D eigenvalue weighted by molar-refractivity contribution is -0.118. The van der Waals surface area contributed by atoms with Crippen molar-refractivity contribution in [2.24, 2.45) is 5.92 Å². The molecule has 0 aromatic carbocycles. The fourth-order valence-electron chi connectivity index (χ4n) is 2.09. The summed E-state index contributed by atoms with van der Waals surface area (Å²) in [6, 6.07) is 0.318. The van der Waals surface area contributed by atoms with Crippen LogP contribution in [0.15, 0.2) is 23.3 Å². The largest absolute Gasteiger partial charge is 0.349 e. The second kappa shape index (κ2) is 7.37. The first-order valence-corrected chi connectivity index (χ1v) is 6.91. The van der Waals surface area contributed by atoms with Gasteiger partial charge in [0.2, 0.25) is 0 Å². The number of carbonyl (C=O) groups is 1. The van der Waals surface area contributed by atoms with E-state index in [1.807, 2.05) is 26.0 Å². The molecule has 3 nitrogen and oxygen atoms in total. The smallest absolute Gasteiger partial charge is 0.251 e. The van der Waals surface area contributed by atoms with Gasteiger partial charge < -0.3 is 10.6 Å². The SMILES string of the molecule is C/C=C\C(C(=O)NC1CCNCC1)=C(/C)C(C)C. The molecule has 1 amide bonds. The molecule has 1 fully saturated rings. The molecule has 0 aromatic rings. The fraction of sp³-hybridized carbons (Fsp3) is 0.667. The third-order valence-corrected chi connectivity index (χ3v) is 3.54. The number of carbonyl (C=O) groups excluding carboxylic acids is 1. The van der Waals surface area contributed by atoms with Crippen molar-refractivity contribution in [1.82, 2.24) is 10.6 Å². The minimum absolute atomic E-state index is 0.0752. The zero-order valence-corrected chi connectivity index (χ0v) is 12.0. The fourth-order valence-corrected chi connectivity index (χ4v) is 2.09. The zero-order valence-electron chi connectivity index (χ0n) is 12.0. The summed E-state index contributed by atoms with van der Waals surface area (Å²) in [4.78, 5) is 12.3. The Hall–Kier alpha value is -1.09. The lowest BCUT2D eigenvalue weighted by Crippen LogP contribution is -2.43. The highest BCUT2D eigenvalue weighted by Crippen LogP contribution is 2.16. The Morgan fingerprint density at radius 2 is 1.94 bits per heavy atom. The molecule has 18 heavy (non-hydrogen) atoms. The van der Waals surface area contributed by atoms with Crippen molar-refractivity contribution in [2.75, 3.05) is 13.1 Å². The van der Waals surface area contributed by atoms with Crippen molar-refractivity contribution in [1.29, 1.82) is 0 Å². The van der Waals surface area contributed by atoms with Gasteiger partial charge >= 0.3 is 0 Å². The quantitative estimate of drug-likeness (QED) is 0.594. The van der Waals surface area contributed by atoms with Crippen LogP contribution in [0.3, 0.4) is 0 Å². The van der Waals surface area contributed by atoms with Crippen LogP contribution in [0.25, 0.3) is 0 Å². The van der Waals surface area contributed by atoms with Crippen molar-refractivity contribution in [3.05, 3.63) is 23.3 Å². The lowest BCUT2D eigenvalue weighted by atomic mass is 9.97. The van der Waals surface area contributed by atoms with Gasteiger partial charge in [0, 0.05) is 11.6 Å². The van der Waals surface area contributed by atoms with Crippen LogP contribution in [-0.4, -0.2) is 25.0 Å². The summed E-state index contributed by atoms with van der Waals surface area (Å²) in [5.41, 5.74) is 1.98. The van der Waals surface area contributed by atoms with Gasteiger partial charge in [0.25, 0.3) is 5.91 Å². The van der Waals surface area contributed by atoms with Gasteiger partial charge in [-0.05, 0) is 45.7 Å². The molecule has 1 saturated heterocycles. The molecule has 0 spiro atoms. The van der Waals surface area contributed by atoms with Crippen molar-refractivity contribution in [2.45, 2.75) is 46.6 Å². The highest BCUT2D eigenvalue weighted by atomic mass is 16.1. The molecule has 102 valence electrons. The van der Waals surface area contributed by atoms with Gasteiger partial charge in [-0.15, -0.1) is 0 Å². The average molecular weight is 250 g/mol. The zero-order chi connectivity index (χ0) is 13.5. The first kappa shape index (κ1) is 15.0. The minimum atomic E-state index is 0.0752. The van der Waals surface area contributed by atoms with E-state index < -0.39 is 0 Å². The van der Waals surface area contributed by atoms with E-state index in [1.165, 1.54) is 0 Å². The number of hydrogen-bond acceptors (Lipinski definition) is 2. The molecule has 0 bridgehead atoms. The molecule has 1 aliphatic rings. The maximum atomic E-state index is 12.3. The molecule has 1 aliphatic heterocycles. The molecule has 0 radical (unpaired) electrons. The van der Waals surface area contributed by atoms with Crippen molar-refractivity contribution in [3.63, 3.8) is 0 Å². The summed E-state index contributed by atoms with van der Waals surface area (Å²) in [5.74, 6) is 0.473. The Bertz CT molecular complexity index is 336. The van der Waals surface area contributed by atoms with Gasteiger partial charge in [0.15, 0.2) is 0 Å². The highest BCUT2D eigenvalue weighted by Gasteiger charge is 2.18. The third-order valence-electron chi connectivity index (χ3n) is 3.54. The van der Waals surface area contributed by atoms with Gasteiger partial charge in [-0.25, -0.2) is 0 Å². The average Bonchev–Trinajstić information content (AvgIpc) is 2.36.